The molecule has 1 aliphatic rings. The van der Waals surface area contributed by atoms with Gasteiger partial charge in [-0.2, -0.15) is 0 Å². The minimum atomic E-state index is -0.394. The van der Waals surface area contributed by atoms with E-state index in [4.69, 9.17) is 11.6 Å². The Balaban J connectivity index is 2.05. The van der Waals surface area contributed by atoms with E-state index < -0.39 is 5.78 Å². The summed E-state index contributed by atoms with van der Waals surface area (Å²) in [5, 5.41) is 12.1. The molecular weight excluding hydrogens is 290 g/mol. The Morgan fingerprint density at radius 2 is 1.57 bits per heavy atom. The molecule has 21 heavy (non-hydrogen) atoms. The molecule has 0 saturated heterocycles. The average molecular weight is 300 g/mol. The Bertz CT molecular complexity index is 796. The summed E-state index contributed by atoms with van der Waals surface area (Å²) in [7, 11) is 0. The molecule has 104 valence electrons. The molecule has 1 aliphatic carbocycles. The summed E-state index contributed by atoms with van der Waals surface area (Å²) in [6, 6.07) is 12.8. The van der Waals surface area contributed by atoms with Crippen LogP contribution in [0, 0.1) is 0 Å². The number of aromatic hydroxyl groups is 1. The fourth-order valence-electron chi connectivity index (χ4n) is 2.18. The molecule has 2 N–H and O–H groups in total. The van der Waals surface area contributed by atoms with Crippen LogP contribution in [0.4, 0.5) is 5.69 Å². The number of halogens is 1. The molecule has 0 aromatic heterocycles. The third kappa shape index (κ3) is 2.30. The van der Waals surface area contributed by atoms with Crippen molar-refractivity contribution in [3.8, 4) is 5.75 Å². The molecule has 0 bridgehead atoms. The Morgan fingerprint density at radius 1 is 0.905 bits per heavy atom. The van der Waals surface area contributed by atoms with Gasteiger partial charge in [0.1, 0.15) is 16.5 Å². The number of rotatable bonds is 2. The van der Waals surface area contributed by atoms with Crippen LogP contribution in [0.2, 0.25) is 0 Å². The standard InChI is InChI=1S/C16H10ClNO3/c17-13-14(18-9-4-3-5-10(19)8-9)16(21)12-7-2-1-6-11(12)15(13)20/h1-8,18-19H. The summed E-state index contributed by atoms with van der Waals surface area (Å²) in [6.07, 6.45) is 0. The number of phenolic OH excluding ortho intramolecular Hbond substituents is 1. The quantitative estimate of drug-likeness (QED) is 0.892. The van der Waals surface area contributed by atoms with E-state index in [1.54, 1.807) is 36.4 Å². The average Bonchev–Trinajstić information content (AvgIpc) is 2.49. The smallest absolute Gasteiger partial charge is 0.211 e. The van der Waals surface area contributed by atoms with Crippen LogP contribution in [0.15, 0.2) is 59.3 Å². The van der Waals surface area contributed by atoms with Crippen molar-refractivity contribution < 1.29 is 14.7 Å². The molecule has 0 atom stereocenters. The first-order valence-electron chi connectivity index (χ1n) is 6.22. The number of nitrogens with one attached hydrogen (secondary N) is 1. The zero-order valence-corrected chi connectivity index (χ0v) is 11.5. The number of carbonyl (C=O) groups excluding carboxylic acids is 2. The molecule has 0 saturated carbocycles. The Labute approximate surface area is 125 Å². The van der Waals surface area contributed by atoms with Crippen LogP contribution in [0.1, 0.15) is 20.7 Å². The number of carbonyl (C=O) groups is 2. The van der Waals surface area contributed by atoms with Gasteiger partial charge in [-0.3, -0.25) is 9.59 Å². The molecule has 0 amide bonds. The van der Waals surface area contributed by atoms with Crippen LogP contribution in [0.25, 0.3) is 0 Å². The van der Waals surface area contributed by atoms with Gasteiger partial charge in [0.2, 0.25) is 11.6 Å². The predicted molar refractivity (Wildman–Crippen MR) is 79.7 cm³/mol. The molecular formula is C16H10ClNO3. The molecule has 0 aliphatic heterocycles. The molecule has 4 nitrogen and oxygen atoms in total. The summed E-state index contributed by atoms with van der Waals surface area (Å²) in [5.41, 5.74) is 1.11. The van der Waals surface area contributed by atoms with E-state index in [1.165, 1.54) is 12.1 Å². The Hall–Kier alpha value is -2.59. The van der Waals surface area contributed by atoms with E-state index in [1.807, 2.05) is 0 Å². The number of hydrogen-bond acceptors (Lipinski definition) is 4. The maximum absolute atomic E-state index is 12.4. The van der Waals surface area contributed by atoms with Gasteiger partial charge in [-0.1, -0.05) is 41.9 Å². The lowest BCUT2D eigenvalue weighted by Gasteiger charge is -2.18. The largest absolute Gasteiger partial charge is 0.508 e. The van der Waals surface area contributed by atoms with Crippen molar-refractivity contribution in [3.05, 3.63) is 70.4 Å². The van der Waals surface area contributed by atoms with E-state index in [9.17, 15) is 14.7 Å². The highest BCUT2D eigenvalue weighted by molar-refractivity contribution is 6.50. The van der Waals surface area contributed by atoms with Crippen LogP contribution in [0.3, 0.4) is 0 Å². The molecule has 2 aromatic carbocycles. The van der Waals surface area contributed by atoms with Crippen molar-refractivity contribution in [1.29, 1.82) is 0 Å². The third-order valence-electron chi connectivity index (χ3n) is 3.18. The van der Waals surface area contributed by atoms with Crippen molar-refractivity contribution in [2.75, 3.05) is 5.32 Å². The second-order valence-electron chi connectivity index (χ2n) is 4.57. The number of phenols is 1. The minimum Gasteiger partial charge on any atom is -0.508 e. The second-order valence-corrected chi connectivity index (χ2v) is 4.95. The van der Waals surface area contributed by atoms with Crippen molar-refractivity contribution in [3.63, 3.8) is 0 Å². The summed E-state index contributed by atoms with van der Waals surface area (Å²) < 4.78 is 0. The van der Waals surface area contributed by atoms with Gasteiger partial charge in [-0.05, 0) is 12.1 Å². The van der Waals surface area contributed by atoms with Gasteiger partial charge in [0.15, 0.2) is 0 Å². The van der Waals surface area contributed by atoms with E-state index in [0.717, 1.165) is 0 Å². The van der Waals surface area contributed by atoms with Crippen molar-refractivity contribution >= 4 is 28.9 Å². The van der Waals surface area contributed by atoms with Crippen molar-refractivity contribution in [2.45, 2.75) is 0 Å². The Kier molecular flexibility index (Phi) is 3.23. The van der Waals surface area contributed by atoms with E-state index in [2.05, 4.69) is 5.32 Å². The van der Waals surface area contributed by atoms with Gasteiger partial charge in [-0.25, -0.2) is 0 Å². The molecule has 5 heteroatoms. The van der Waals surface area contributed by atoms with Crippen LogP contribution in [-0.2, 0) is 0 Å². The zero-order valence-electron chi connectivity index (χ0n) is 10.8. The normalized spacial score (nSPS) is 14.1. The number of anilines is 1. The molecule has 2 aromatic rings. The van der Waals surface area contributed by atoms with Crippen molar-refractivity contribution in [2.24, 2.45) is 0 Å². The number of fused-ring (bicyclic) bond motifs is 1. The van der Waals surface area contributed by atoms with E-state index in [0.29, 0.717) is 16.8 Å². The lowest BCUT2D eigenvalue weighted by molar-refractivity contribution is 0.0982. The number of Topliss-reactive ketones (excluding diaryl/α,β-unsaturated/α-hetero) is 2. The molecule has 3 rings (SSSR count). The van der Waals surface area contributed by atoms with Gasteiger partial charge < -0.3 is 10.4 Å². The highest BCUT2D eigenvalue weighted by atomic mass is 35.5. The first kappa shape index (κ1) is 13.4. The number of ketones is 2. The molecule has 0 fully saturated rings. The van der Waals surface area contributed by atoms with Crippen LogP contribution in [0.5, 0.6) is 5.75 Å². The van der Waals surface area contributed by atoms with E-state index in [-0.39, 0.29) is 22.3 Å². The van der Waals surface area contributed by atoms with Crippen LogP contribution < -0.4 is 5.32 Å². The number of hydrogen-bond donors (Lipinski definition) is 2. The summed E-state index contributed by atoms with van der Waals surface area (Å²) in [6.45, 7) is 0. The lowest BCUT2D eigenvalue weighted by atomic mass is 9.92. The molecule has 0 heterocycles. The van der Waals surface area contributed by atoms with Crippen LogP contribution in [-0.4, -0.2) is 16.7 Å². The zero-order chi connectivity index (χ0) is 15.0. The first-order valence-corrected chi connectivity index (χ1v) is 6.60. The highest BCUT2D eigenvalue weighted by Crippen LogP contribution is 2.29. The highest BCUT2D eigenvalue weighted by Gasteiger charge is 2.31. The SMILES string of the molecule is O=C1C(Cl)=C(Nc2cccc(O)c2)C(=O)c2ccccc21. The van der Waals surface area contributed by atoms with E-state index >= 15 is 0 Å². The van der Waals surface area contributed by atoms with Crippen molar-refractivity contribution in [1.82, 2.24) is 0 Å². The monoisotopic (exact) mass is 299 g/mol. The fourth-order valence-corrected chi connectivity index (χ4v) is 2.42. The lowest BCUT2D eigenvalue weighted by Crippen LogP contribution is -2.24. The van der Waals surface area contributed by atoms with Gasteiger partial charge in [0.05, 0.1) is 0 Å². The molecule has 0 radical (unpaired) electrons. The molecule has 0 spiro atoms. The topological polar surface area (TPSA) is 66.4 Å². The number of allylic oxidation sites excluding steroid dienone is 2. The third-order valence-corrected chi connectivity index (χ3v) is 3.54. The Morgan fingerprint density at radius 3 is 2.24 bits per heavy atom. The second kappa shape index (κ2) is 5.07. The van der Waals surface area contributed by atoms with Gasteiger partial charge in [-0.15, -0.1) is 0 Å². The van der Waals surface area contributed by atoms with Gasteiger partial charge in [0, 0.05) is 22.9 Å². The predicted octanol–water partition coefficient (Wildman–Crippen LogP) is 3.33. The number of benzene rings is 2. The van der Waals surface area contributed by atoms with Gasteiger partial charge in [0.25, 0.3) is 0 Å². The van der Waals surface area contributed by atoms with Gasteiger partial charge >= 0.3 is 0 Å². The maximum atomic E-state index is 12.4. The fraction of sp³-hybridized carbons (Fsp3) is 0. The van der Waals surface area contributed by atoms with Crippen LogP contribution >= 0.6 is 11.6 Å². The maximum Gasteiger partial charge on any atom is 0.211 e. The molecule has 0 unspecified atom stereocenters. The first-order chi connectivity index (χ1) is 10.1. The summed E-state index contributed by atoms with van der Waals surface area (Å²) in [4.78, 5) is 24.6. The summed E-state index contributed by atoms with van der Waals surface area (Å²) >= 11 is 6.03. The summed E-state index contributed by atoms with van der Waals surface area (Å²) in [5.74, 6) is -0.695. The minimum absolute atomic E-state index is 0.0194.